The zero-order valence-electron chi connectivity index (χ0n) is 12.0. The van der Waals surface area contributed by atoms with Crippen LogP contribution in [0.1, 0.15) is 31.4 Å². The number of carbonyl (C=O) groups is 2. The normalized spacial score (nSPS) is 10.9. The van der Waals surface area contributed by atoms with Crippen molar-refractivity contribution in [2.24, 2.45) is 5.92 Å². The van der Waals surface area contributed by atoms with Crippen LogP contribution in [0.3, 0.4) is 0 Å². The molecule has 0 aliphatic carbocycles. The molecule has 0 saturated heterocycles. The van der Waals surface area contributed by atoms with Gasteiger partial charge in [-0.15, -0.1) is 0 Å². The molecule has 0 radical (unpaired) electrons. The third kappa shape index (κ3) is 7.24. The van der Waals surface area contributed by atoms with Crippen molar-refractivity contribution in [3.8, 4) is 0 Å². The number of carboxylic acid groups (broad SMARTS) is 1. The summed E-state index contributed by atoms with van der Waals surface area (Å²) in [5, 5.41) is 8.47. The van der Waals surface area contributed by atoms with Crippen LogP contribution in [-0.2, 0) is 14.3 Å². The maximum atomic E-state index is 10.8. The Morgan fingerprint density at radius 3 is 1.79 bits per heavy atom. The molecule has 0 aliphatic heterocycles. The zero-order chi connectivity index (χ0) is 14.8. The largest absolute Gasteiger partial charge is 0.481 e. The van der Waals surface area contributed by atoms with Crippen LogP contribution in [0, 0.1) is 19.8 Å². The van der Waals surface area contributed by atoms with E-state index >= 15 is 0 Å². The fourth-order valence-corrected chi connectivity index (χ4v) is 1.32. The predicted molar refractivity (Wildman–Crippen MR) is 74.0 cm³/mol. The van der Waals surface area contributed by atoms with Gasteiger partial charge in [0.05, 0.1) is 6.61 Å². The first-order valence-corrected chi connectivity index (χ1v) is 6.35. The molecule has 1 atom stereocenters. The van der Waals surface area contributed by atoms with E-state index in [9.17, 15) is 9.59 Å². The Bertz CT molecular complexity index is 374. The van der Waals surface area contributed by atoms with Crippen molar-refractivity contribution >= 4 is 11.9 Å². The average Bonchev–Trinajstić information content (AvgIpc) is 2.34. The van der Waals surface area contributed by atoms with Gasteiger partial charge in [0.15, 0.2) is 5.92 Å². The van der Waals surface area contributed by atoms with E-state index in [1.165, 1.54) is 11.1 Å². The Kier molecular flexibility index (Phi) is 8.25. The molecule has 0 amide bonds. The first kappa shape index (κ1) is 17.2. The molecule has 0 heterocycles. The number of carboxylic acids is 1. The summed E-state index contributed by atoms with van der Waals surface area (Å²) < 4.78 is 4.54. The minimum Gasteiger partial charge on any atom is -0.481 e. The lowest BCUT2D eigenvalue weighted by Gasteiger charge is -2.07. The SMILES string of the molecule is CCOC(=O)C(CC)C(=O)O.Cc1ccc(C)cc1. The maximum Gasteiger partial charge on any atom is 0.320 e. The van der Waals surface area contributed by atoms with E-state index in [4.69, 9.17) is 5.11 Å². The van der Waals surface area contributed by atoms with Crippen molar-refractivity contribution in [2.75, 3.05) is 6.61 Å². The lowest BCUT2D eigenvalue weighted by molar-refractivity contribution is -0.158. The van der Waals surface area contributed by atoms with Crippen LogP contribution < -0.4 is 0 Å². The second-order valence-electron chi connectivity index (χ2n) is 4.21. The van der Waals surface area contributed by atoms with Gasteiger partial charge >= 0.3 is 11.9 Å². The predicted octanol–water partition coefficient (Wildman–Crippen LogP) is 2.96. The summed E-state index contributed by atoms with van der Waals surface area (Å²) in [5.41, 5.74) is 2.66. The molecule has 1 aromatic carbocycles. The van der Waals surface area contributed by atoms with Crippen LogP contribution in [-0.4, -0.2) is 23.7 Å². The first-order valence-electron chi connectivity index (χ1n) is 6.35. The number of hydrogen-bond acceptors (Lipinski definition) is 3. The quantitative estimate of drug-likeness (QED) is 0.672. The Morgan fingerprint density at radius 2 is 1.53 bits per heavy atom. The molecule has 1 unspecified atom stereocenters. The number of hydrogen-bond donors (Lipinski definition) is 1. The van der Waals surface area contributed by atoms with Crippen LogP contribution in [0.5, 0.6) is 0 Å². The highest BCUT2D eigenvalue weighted by Gasteiger charge is 2.24. The molecule has 0 aliphatic rings. The number of carbonyl (C=O) groups excluding carboxylic acids is 1. The molecule has 0 saturated carbocycles. The van der Waals surface area contributed by atoms with Crippen LogP contribution >= 0.6 is 0 Å². The Balaban J connectivity index is 0.000000356. The van der Waals surface area contributed by atoms with Gasteiger partial charge in [-0.2, -0.15) is 0 Å². The summed E-state index contributed by atoms with van der Waals surface area (Å²) in [4.78, 5) is 21.2. The summed E-state index contributed by atoms with van der Waals surface area (Å²) in [7, 11) is 0. The number of esters is 1. The summed E-state index contributed by atoms with van der Waals surface area (Å²) in [5.74, 6) is -2.77. The topological polar surface area (TPSA) is 63.6 Å². The van der Waals surface area contributed by atoms with Crippen molar-refractivity contribution in [1.82, 2.24) is 0 Å². The molecule has 106 valence electrons. The van der Waals surface area contributed by atoms with E-state index < -0.39 is 17.9 Å². The van der Waals surface area contributed by atoms with Gasteiger partial charge in [0.2, 0.25) is 0 Å². The van der Waals surface area contributed by atoms with Crippen molar-refractivity contribution in [3.05, 3.63) is 35.4 Å². The molecule has 0 aromatic heterocycles. The molecular formula is C15H22O4. The third-order valence-electron chi connectivity index (χ3n) is 2.50. The minimum absolute atomic E-state index is 0.225. The van der Waals surface area contributed by atoms with Crippen LogP contribution in [0.4, 0.5) is 0 Å². The molecule has 1 aromatic rings. The molecule has 0 bridgehead atoms. The summed E-state index contributed by atoms with van der Waals surface area (Å²) in [6.45, 7) is 7.70. The van der Waals surface area contributed by atoms with Crippen LogP contribution in [0.2, 0.25) is 0 Å². The molecule has 1 rings (SSSR count). The molecule has 0 spiro atoms. The number of aliphatic carboxylic acids is 1. The van der Waals surface area contributed by atoms with Gasteiger partial charge in [-0.05, 0) is 27.2 Å². The van der Waals surface area contributed by atoms with Crippen molar-refractivity contribution in [3.63, 3.8) is 0 Å². The highest BCUT2D eigenvalue weighted by Crippen LogP contribution is 2.04. The summed E-state index contributed by atoms with van der Waals surface area (Å²) in [6, 6.07) is 8.48. The van der Waals surface area contributed by atoms with Crippen LogP contribution in [0.15, 0.2) is 24.3 Å². The molecule has 0 fully saturated rings. The van der Waals surface area contributed by atoms with E-state index in [1.807, 2.05) is 0 Å². The van der Waals surface area contributed by atoms with Gasteiger partial charge in [-0.25, -0.2) is 0 Å². The number of aryl methyl sites for hydroxylation is 2. The molecule has 4 heteroatoms. The highest BCUT2D eigenvalue weighted by molar-refractivity contribution is 5.93. The summed E-state index contributed by atoms with van der Waals surface area (Å²) >= 11 is 0. The van der Waals surface area contributed by atoms with Crippen LogP contribution in [0.25, 0.3) is 0 Å². The van der Waals surface area contributed by atoms with E-state index in [1.54, 1.807) is 13.8 Å². The number of ether oxygens (including phenoxy) is 1. The molecule has 1 N–H and O–H groups in total. The fourth-order valence-electron chi connectivity index (χ4n) is 1.32. The summed E-state index contributed by atoms with van der Waals surface area (Å²) in [6.07, 6.45) is 0.272. The van der Waals surface area contributed by atoms with E-state index in [0.29, 0.717) is 0 Å². The van der Waals surface area contributed by atoms with E-state index in [0.717, 1.165) is 0 Å². The Morgan fingerprint density at radius 1 is 1.11 bits per heavy atom. The standard InChI is InChI=1S/C8H10.C7H12O4/c1-7-3-5-8(2)6-4-7;1-3-5(6(8)9)7(10)11-4-2/h3-6H,1-2H3;5H,3-4H2,1-2H3,(H,8,9). The smallest absolute Gasteiger partial charge is 0.320 e. The van der Waals surface area contributed by atoms with Gasteiger partial charge in [-0.3, -0.25) is 9.59 Å². The highest BCUT2D eigenvalue weighted by atomic mass is 16.5. The Hall–Kier alpha value is -1.84. The maximum absolute atomic E-state index is 10.8. The zero-order valence-corrected chi connectivity index (χ0v) is 12.0. The van der Waals surface area contributed by atoms with Gasteiger partial charge < -0.3 is 9.84 Å². The fraction of sp³-hybridized carbons (Fsp3) is 0.467. The second-order valence-corrected chi connectivity index (χ2v) is 4.21. The van der Waals surface area contributed by atoms with Gasteiger partial charge in [0, 0.05) is 0 Å². The average molecular weight is 266 g/mol. The molecular weight excluding hydrogens is 244 g/mol. The number of benzene rings is 1. The lowest BCUT2D eigenvalue weighted by Crippen LogP contribution is -2.25. The molecule has 4 nitrogen and oxygen atoms in total. The first-order chi connectivity index (χ1) is 8.92. The Labute approximate surface area is 114 Å². The van der Waals surface area contributed by atoms with Gasteiger partial charge in [0.25, 0.3) is 0 Å². The minimum atomic E-state index is -1.12. The van der Waals surface area contributed by atoms with Gasteiger partial charge in [0.1, 0.15) is 0 Å². The van der Waals surface area contributed by atoms with E-state index in [-0.39, 0.29) is 13.0 Å². The van der Waals surface area contributed by atoms with Crippen molar-refractivity contribution < 1.29 is 19.4 Å². The van der Waals surface area contributed by atoms with Crippen molar-refractivity contribution in [2.45, 2.75) is 34.1 Å². The lowest BCUT2D eigenvalue weighted by atomic mass is 10.1. The van der Waals surface area contributed by atoms with E-state index in [2.05, 4.69) is 42.8 Å². The third-order valence-corrected chi connectivity index (χ3v) is 2.50. The van der Waals surface area contributed by atoms with Crippen molar-refractivity contribution in [1.29, 1.82) is 0 Å². The second kappa shape index (κ2) is 9.14. The number of rotatable bonds is 4. The van der Waals surface area contributed by atoms with Gasteiger partial charge in [-0.1, -0.05) is 42.3 Å². The molecule has 19 heavy (non-hydrogen) atoms. The monoisotopic (exact) mass is 266 g/mol.